The molecule has 0 saturated carbocycles. The van der Waals surface area contributed by atoms with E-state index in [1.165, 1.54) is 6.08 Å². The number of guanidine groups is 1. The van der Waals surface area contributed by atoms with E-state index in [0.717, 1.165) is 11.1 Å². The first-order valence-corrected chi connectivity index (χ1v) is 8.35. The number of anilines is 1. The van der Waals surface area contributed by atoms with Crippen LogP contribution in [0.15, 0.2) is 53.5 Å². The number of carbonyl (C=O) groups excluding carboxylic acids is 2. The summed E-state index contributed by atoms with van der Waals surface area (Å²) in [4.78, 5) is 27.8. The average Bonchev–Trinajstić information content (AvgIpc) is 2.61. The molecule has 2 aromatic rings. The molecule has 0 radical (unpaired) electrons. The van der Waals surface area contributed by atoms with Gasteiger partial charge in [0.05, 0.1) is 12.3 Å². The van der Waals surface area contributed by atoms with Crippen LogP contribution in [-0.2, 0) is 9.53 Å². The first kappa shape index (κ1) is 19.7. The van der Waals surface area contributed by atoms with Gasteiger partial charge in [-0.25, -0.2) is 9.79 Å². The zero-order valence-corrected chi connectivity index (χ0v) is 15.2. The third-order valence-electron chi connectivity index (χ3n) is 3.58. The first-order chi connectivity index (χ1) is 12.9. The summed E-state index contributed by atoms with van der Waals surface area (Å²) in [5.41, 5.74) is 14.0. The number of benzene rings is 2. The van der Waals surface area contributed by atoms with Crippen LogP contribution in [0.3, 0.4) is 0 Å². The van der Waals surface area contributed by atoms with Crippen molar-refractivity contribution in [3.8, 4) is 0 Å². The van der Waals surface area contributed by atoms with Crippen molar-refractivity contribution in [2.45, 2.75) is 13.8 Å². The molecule has 0 saturated heterocycles. The van der Waals surface area contributed by atoms with E-state index in [0.29, 0.717) is 23.5 Å². The van der Waals surface area contributed by atoms with Crippen LogP contribution >= 0.6 is 0 Å². The number of esters is 1. The van der Waals surface area contributed by atoms with Gasteiger partial charge in [0, 0.05) is 17.3 Å². The standard InChI is InChI=1S/C20H22N4O3/c1-3-27-18(25)10-8-14-7-9-17(11-13(14)2)23-19(26)15-5-4-6-16(12-15)24-20(21)22/h4-12H,3H2,1-2H3,(H,23,26)(H4,21,22,24). The molecule has 0 atom stereocenters. The molecule has 0 aromatic heterocycles. The minimum Gasteiger partial charge on any atom is -0.463 e. The number of hydrogen-bond acceptors (Lipinski definition) is 4. The van der Waals surface area contributed by atoms with Gasteiger partial charge in [0.25, 0.3) is 5.91 Å². The highest BCUT2D eigenvalue weighted by atomic mass is 16.5. The number of amides is 1. The lowest BCUT2D eigenvalue weighted by Gasteiger charge is -2.08. The molecule has 1 amide bonds. The van der Waals surface area contributed by atoms with Crippen molar-refractivity contribution in [2.24, 2.45) is 16.5 Å². The monoisotopic (exact) mass is 366 g/mol. The van der Waals surface area contributed by atoms with Crippen molar-refractivity contribution in [1.29, 1.82) is 0 Å². The number of nitrogens with one attached hydrogen (secondary N) is 1. The van der Waals surface area contributed by atoms with Crippen molar-refractivity contribution in [2.75, 3.05) is 11.9 Å². The molecule has 5 N–H and O–H groups in total. The Morgan fingerprint density at radius 1 is 1.19 bits per heavy atom. The molecule has 0 unspecified atom stereocenters. The summed E-state index contributed by atoms with van der Waals surface area (Å²) in [5, 5.41) is 2.83. The third-order valence-corrected chi connectivity index (χ3v) is 3.58. The predicted octanol–water partition coefficient (Wildman–Crippen LogP) is 2.73. The van der Waals surface area contributed by atoms with Gasteiger partial charge >= 0.3 is 5.97 Å². The smallest absolute Gasteiger partial charge is 0.330 e. The maximum Gasteiger partial charge on any atom is 0.330 e. The van der Waals surface area contributed by atoms with Gasteiger partial charge in [0.1, 0.15) is 0 Å². The van der Waals surface area contributed by atoms with Gasteiger partial charge < -0.3 is 21.5 Å². The highest BCUT2D eigenvalue weighted by molar-refractivity contribution is 6.05. The summed E-state index contributed by atoms with van der Waals surface area (Å²) in [5.74, 6) is -0.749. The Balaban J connectivity index is 2.12. The fraction of sp³-hybridized carbons (Fsp3) is 0.150. The SMILES string of the molecule is CCOC(=O)C=Cc1ccc(NC(=O)c2cccc(N=C(N)N)c2)cc1C. The molecular weight excluding hydrogens is 344 g/mol. The normalized spacial score (nSPS) is 10.4. The van der Waals surface area contributed by atoms with Crippen LogP contribution in [0.4, 0.5) is 11.4 Å². The maximum absolute atomic E-state index is 12.4. The fourth-order valence-electron chi connectivity index (χ4n) is 2.36. The summed E-state index contributed by atoms with van der Waals surface area (Å²) in [6, 6.07) is 12.1. The molecule has 0 fully saturated rings. The van der Waals surface area contributed by atoms with Gasteiger partial charge in [0.15, 0.2) is 5.96 Å². The van der Waals surface area contributed by atoms with Gasteiger partial charge in [0.2, 0.25) is 0 Å². The van der Waals surface area contributed by atoms with Crippen LogP contribution in [0, 0.1) is 6.92 Å². The minimum absolute atomic E-state index is 0.0744. The molecule has 140 valence electrons. The van der Waals surface area contributed by atoms with E-state index in [1.807, 2.05) is 19.1 Å². The highest BCUT2D eigenvalue weighted by Crippen LogP contribution is 2.19. The van der Waals surface area contributed by atoms with Crippen molar-refractivity contribution >= 4 is 35.3 Å². The first-order valence-electron chi connectivity index (χ1n) is 8.35. The summed E-state index contributed by atoms with van der Waals surface area (Å²) in [6.45, 7) is 3.97. The summed E-state index contributed by atoms with van der Waals surface area (Å²) >= 11 is 0. The number of rotatable bonds is 6. The second-order valence-corrected chi connectivity index (χ2v) is 5.70. The molecule has 0 heterocycles. The Morgan fingerprint density at radius 3 is 2.63 bits per heavy atom. The lowest BCUT2D eigenvalue weighted by Crippen LogP contribution is -2.21. The molecule has 2 aromatic carbocycles. The van der Waals surface area contributed by atoms with Gasteiger partial charge in [-0.2, -0.15) is 0 Å². The Hall–Kier alpha value is -3.61. The number of nitrogens with two attached hydrogens (primary N) is 2. The molecule has 0 aliphatic heterocycles. The number of aliphatic imine (C=N–C) groups is 1. The summed E-state index contributed by atoms with van der Waals surface area (Å²) in [7, 11) is 0. The Morgan fingerprint density at radius 2 is 1.96 bits per heavy atom. The van der Waals surface area contributed by atoms with Crippen LogP contribution in [0.5, 0.6) is 0 Å². The second kappa shape index (κ2) is 9.19. The molecule has 0 aliphatic rings. The van der Waals surface area contributed by atoms with E-state index in [4.69, 9.17) is 16.2 Å². The molecule has 2 rings (SSSR count). The van der Waals surface area contributed by atoms with Gasteiger partial charge in [-0.1, -0.05) is 12.1 Å². The van der Waals surface area contributed by atoms with E-state index in [2.05, 4.69) is 10.3 Å². The minimum atomic E-state index is -0.394. The predicted molar refractivity (Wildman–Crippen MR) is 107 cm³/mol. The van der Waals surface area contributed by atoms with Crippen LogP contribution in [0.25, 0.3) is 6.08 Å². The fourth-order valence-corrected chi connectivity index (χ4v) is 2.36. The zero-order chi connectivity index (χ0) is 19.8. The molecule has 0 bridgehead atoms. The number of nitrogens with zero attached hydrogens (tertiary/aromatic N) is 1. The van der Waals surface area contributed by atoms with Gasteiger partial charge in [-0.3, -0.25) is 4.79 Å². The van der Waals surface area contributed by atoms with Crippen LogP contribution in [0.1, 0.15) is 28.4 Å². The van der Waals surface area contributed by atoms with E-state index in [-0.39, 0.29) is 11.9 Å². The second-order valence-electron chi connectivity index (χ2n) is 5.70. The summed E-state index contributed by atoms with van der Waals surface area (Å²) < 4.78 is 4.85. The summed E-state index contributed by atoms with van der Waals surface area (Å²) in [6.07, 6.45) is 3.05. The molecular formula is C20H22N4O3. The quantitative estimate of drug-likeness (QED) is 0.314. The van der Waals surface area contributed by atoms with E-state index in [9.17, 15) is 9.59 Å². The molecule has 7 nitrogen and oxygen atoms in total. The molecule has 27 heavy (non-hydrogen) atoms. The Bertz CT molecular complexity index is 900. The topological polar surface area (TPSA) is 120 Å². The van der Waals surface area contributed by atoms with Crippen molar-refractivity contribution in [3.63, 3.8) is 0 Å². The highest BCUT2D eigenvalue weighted by Gasteiger charge is 2.08. The van der Waals surface area contributed by atoms with Gasteiger partial charge in [-0.15, -0.1) is 0 Å². The van der Waals surface area contributed by atoms with E-state index >= 15 is 0 Å². The number of carbonyl (C=O) groups is 2. The number of ether oxygens (including phenoxy) is 1. The zero-order valence-electron chi connectivity index (χ0n) is 15.2. The number of aryl methyl sites for hydroxylation is 1. The Labute approximate surface area is 157 Å². The average molecular weight is 366 g/mol. The third kappa shape index (κ3) is 6.00. The lowest BCUT2D eigenvalue weighted by molar-refractivity contribution is -0.137. The van der Waals surface area contributed by atoms with Crippen LogP contribution in [0.2, 0.25) is 0 Å². The van der Waals surface area contributed by atoms with Crippen LogP contribution in [-0.4, -0.2) is 24.4 Å². The largest absolute Gasteiger partial charge is 0.463 e. The van der Waals surface area contributed by atoms with Crippen molar-refractivity contribution in [1.82, 2.24) is 0 Å². The Kier molecular flexibility index (Phi) is 6.71. The lowest BCUT2D eigenvalue weighted by atomic mass is 10.1. The van der Waals surface area contributed by atoms with E-state index in [1.54, 1.807) is 43.3 Å². The van der Waals surface area contributed by atoms with Crippen LogP contribution < -0.4 is 16.8 Å². The van der Waals surface area contributed by atoms with E-state index < -0.39 is 5.97 Å². The molecule has 7 heteroatoms. The van der Waals surface area contributed by atoms with Crippen molar-refractivity contribution < 1.29 is 14.3 Å². The van der Waals surface area contributed by atoms with Crippen molar-refractivity contribution in [3.05, 3.63) is 65.2 Å². The van der Waals surface area contributed by atoms with Gasteiger partial charge in [-0.05, 0) is 61.4 Å². The molecule has 0 spiro atoms. The molecule has 0 aliphatic carbocycles. The maximum atomic E-state index is 12.4. The number of hydrogen-bond donors (Lipinski definition) is 3.